The Balaban J connectivity index is 1.93. The molecule has 32 heavy (non-hydrogen) atoms. The highest BCUT2D eigenvalue weighted by atomic mass is 79.9. The van der Waals surface area contributed by atoms with E-state index < -0.39 is 5.91 Å². The van der Waals surface area contributed by atoms with Crippen molar-refractivity contribution in [1.82, 2.24) is 5.32 Å². The molecule has 0 bridgehead atoms. The minimum atomic E-state index is -0.453. The van der Waals surface area contributed by atoms with Gasteiger partial charge in [-0.3, -0.25) is 9.59 Å². The number of rotatable bonds is 8. The normalized spacial score (nSPS) is 10.9. The Labute approximate surface area is 195 Å². The van der Waals surface area contributed by atoms with Gasteiger partial charge in [0.2, 0.25) is 0 Å². The fraction of sp³-hybridized carbons (Fsp3) is 0.120. The molecule has 0 atom stereocenters. The van der Waals surface area contributed by atoms with Crippen molar-refractivity contribution in [3.63, 3.8) is 0 Å². The molecule has 0 fully saturated rings. The number of halogens is 1. The van der Waals surface area contributed by atoms with Crippen LogP contribution in [0, 0.1) is 0 Å². The van der Waals surface area contributed by atoms with E-state index in [9.17, 15) is 9.59 Å². The standard InChI is InChI=1S/C25H23BrN2O4/c1-3-32-23-16-17(9-14-22(23)31-2)15-21(28-24(29)18-7-5-4-6-8-18)25(30)27-20-12-10-19(26)11-13-20/h4-16H,3H2,1-2H3,(H,27,30)(H,28,29). The summed E-state index contributed by atoms with van der Waals surface area (Å²) in [7, 11) is 1.56. The number of anilines is 1. The molecule has 3 aromatic rings. The first-order chi connectivity index (χ1) is 15.5. The summed E-state index contributed by atoms with van der Waals surface area (Å²) >= 11 is 3.37. The van der Waals surface area contributed by atoms with Crippen LogP contribution in [0.2, 0.25) is 0 Å². The maximum atomic E-state index is 13.0. The predicted molar refractivity (Wildman–Crippen MR) is 129 cm³/mol. The molecule has 3 rings (SSSR count). The Hall–Kier alpha value is -3.58. The van der Waals surface area contributed by atoms with Crippen molar-refractivity contribution < 1.29 is 19.1 Å². The van der Waals surface area contributed by atoms with Crippen molar-refractivity contribution in [2.45, 2.75) is 6.92 Å². The van der Waals surface area contributed by atoms with Crippen LogP contribution in [0.25, 0.3) is 6.08 Å². The van der Waals surface area contributed by atoms with E-state index in [-0.39, 0.29) is 11.6 Å². The molecular weight excluding hydrogens is 472 g/mol. The average molecular weight is 495 g/mol. The topological polar surface area (TPSA) is 76.7 Å². The van der Waals surface area contributed by atoms with Crippen LogP contribution in [0.4, 0.5) is 5.69 Å². The maximum absolute atomic E-state index is 13.0. The number of ether oxygens (including phenoxy) is 2. The molecule has 0 aromatic heterocycles. The highest BCUT2D eigenvalue weighted by Crippen LogP contribution is 2.29. The van der Waals surface area contributed by atoms with Crippen LogP contribution in [0.5, 0.6) is 11.5 Å². The zero-order valence-electron chi connectivity index (χ0n) is 17.7. The first-order valence-electron chi connectivity index (χ1n) is 9.96. The SMILES string of the molecule is CCOc1cc(C=C(NC(=O)c2ccccc2)C(=O)Nc2ccc(Br)cc2)ccc1OC. The Morgan fingerprint density at radius 3 is 2.34 bits per heavy atom. The zero-order valence-corrected chi connectivity index (χ0v) is 19.3. The van der Waals surface area contributed by atoms with Gasteiger partial charge in [-0.1, -0.05) is 40.2 Å². The lowest BCUT2D eigenvalue weighted by Gasteiger charge is -2.13. The first kappa shape index (κ1) is 23.1. The molecule has 0 aliphatic heterocycles. The molecule has 0 saturated carbocycles. The van der Waals surface area contributed by atoms with E-state index in [2.05, 4.69) is 26.6 Å². The summed E-state index contributed by atoms with van der Waals surface area (Å²) in [4.78, 5) is 25.8. The van der Waals surface area contributed by atoms with E-state index in [1.807, 2.05) is 25.1 Å². The summed E-state index contributed by atoms with van der Waals surface area (Å²) in [6, 6.07) is 21.2. The number of nitrogens with one attached hydrogen (secondary N) is 2. The summed E-state index contributed by atoms with van der Waals surface area (Å²) < 4.78 is 11.8. The van der Waals surface area contributed by atoms with Crippen LogP contribution in [0.15, 0.2) is 83.0 Å². The van der Waals surface area contributed by atoms with Gasteiger partial charge in [0.1, 0.15) is 5.70 Å². The number of carbonyl (C=O) groups is 2. The third kappa shape index (κ3) is 6.21. The van der Waals surface area contributed by atoms with Gasteiger partial charge in [0.25, 0.3) is 11.8 Å². The molecule has 0 aliphatic carbocycles. The van der Waals surface area contributed by atoms with Gasteiger partial charge in [-0.15, -0.1) is 0 Å². The maximum Gasteiger partial charge on any atom is 0.272 e. The lowest BCUT2D eigenvalue weighted by Crippen LogP contribution is -2.30. The van der Waals surface area contributed by atoms with E-state index >= 15 is 0 Å². The largest absolute Gasteiger partial charge is 0.493 e. The molecule has 2 N–H and O–H groups in total. The van der Waals surface area contributed by atoms with Gasteiger partial charge in [0.15, 0.2) is 11.5 Å². The number of amides is 2. The Kier molecular flexibility index (Phi) is 8.05. The third-order valence-electron chi connectivity index (χ3n) is 4.43. The van der Waals surface area contributed by atoms with Crippen molar-refractivity contribution in [3.05, 3.63) is 94.1 Å². The molecule has 0 spiro atoms. The molecule has 0 aliphatic rings. The van der Waals surface area contributed by atoms with Gasteiger partial charge >= 0.3 is 0 Å². The summed E-state index contributed by atoms with van der Waals surface area (Å²) in [5, 5.41) is 5.53. The zero-order chi connectivity index (χ0) is 22.9. The fourth-order valence-electron chi connectivity index (χ4n) is 2.89. The quantitative estimate of drug-likeness (QED) is 0.418. The van der Waals surface area contributed by atoms with Gasteiger partial charge in [-0.05, 0) is 67.1 Å². The van der Waals surface area contributed by atoms with Crippen molar-refractivity contribution in [3.8, 4) is 11.5 Å². The molecule has 7 heteroatoms. The first-order valence-corrected chi connectivity index (χ1v) is 10.7. The highest BCUT2D eigenvalue weighted by Gasteiger charge is 2.16. The summed E-state index contributed by atoms with van der Waals surface area (Å²) in [5.74, 6) is 0.288. The Morgan fingerprint density at radius 2 is 1.69 bits per heavy atom. The molecular formula is C25H23BrN2O4. The lowest BCUT2D eigenvalue weighted by molar-refractivity contribution is -0.113. The minimum absolute atomic E-state index is 0.0920. The van der Waals surface area contributed by atoms with Gasteiger partial charge in [-0.25, -0.2) is 0 Å². The lowest BCUT2D eigenvalue weighted by atomic mass is 10.1. The second kappa shape index (κ2) is 11.2. The summed E-state index contributed by atoms with van der Waals surface area (Å²) in [6.07, 6.45) is 1.59. The molecule has 2 amide bonds. The summed E-state index contributed by atoms with van der Waals surface area (Å²) in [6.45, 7) is 2.34. The number of hydrogen-bond acceptors (Lipinski definition) is 4. The average Bonchev–Trinajstić information content (AvgIpc) is 2.81. The second-order valence-corrected chi connectivity index (χ2v) is 7.60. The minimum Gasteiger partial charge on any atom is -0.493 e. The number of benzene rings is 3. The highest BCUT2D eigenvalue weighted by molar-refractivity contribution is 9.10. The van der Waals surface area contributed by atoms with Crippen LogP contribution >= 0.6 is 15.9 Å². The van der Waals surface area contributed by atoms with Gasteiger partial charge in [-0.2, -0.15) is 0 Å². The molecule has 0 heterocycles. The molecule has 6 nitrogen and oxygen atoms in total. The van der Waals surface area contributed by atoms with Crippen LogP contribution in [0.1, 0.15) is 22.8 Å². The van der Waals surface area contributed by atoms with Crippen molar-refractivity contribution in [2.24, 2.45) is 0 Å². The molecule has 0 radical (unpaired) electrons. The summed E-state index contributed by atoms with van der Waals surface area (Å²) in [5.41, 5.74) is 1.81. The predicted octanol–water partition coefficient (Wildman–Crippen LogP) is 5.27. The van der Waals surface area contributed by atoms with Gasteiger partial charge in [0, 0.05) is 15.7 Å². The van der Waals surface area contributed by atoms with E-state index in [0.29, 0.717) is 34.9 Å². The number of hydrogen-bond donors (Lipinski definition) is 2. The molecule has 0 saturated heterocycles. The van der Waals surface area contributed by atoms with Crippen LogP contribution in [-0.4, -0.2) is 25.5 Å². The van der Waals surface area contributed by atoms with Crippen molar-refractivity contribution in [1.29, 1.82) is 0 Å². The second-order valence-electron chi connectivity index (χ2n) is 6.68. The molecule has 0 unspecified atom stereocenters. The number of methoxy groups -OCH3 is 1. The van der Waals surface area contributed by atoms with Gasteiger partial charge < -0.3 is 20.1 Å². The number of carbonyl (C=O) groups excluding carboxylic acids is 2. The third-order valence-corrected chi connectivity index (χ3v) is 4.96. The smallest absolute Gasteiger partial charge is 0.272 e. The van der Waals surface area contributed by atoms with Crippen LogP contribution in [0.3, 0.4) is 0 Å². The Bertz CT molecular complexity index is 1110. The van der Waals surface area contributed by atoms with E-state index in [1.54, 1.807) is 67.8 Å². The fourth-order valence-corrected chi connectivity index (χ4v) is 3.16. The van der Waals surface area contributed by atoms with Gasteiger partial charge in [0.05, 0.1) is 13.7 Å². The monoisotopic (exact) mass is 494 g/mol. The van der Waals surface area contributed by atoms with Crippen LogP contribution in [-0.2, 0) is 4.79 Å². The molecule has 3 aromatic carbocycles. The van der Waals surface area contributed by atoms with Crippen LogP contribution < -0.4 is 20.1 Å². The van der Waals surface area contributed by atoms with Crippen molar-refractivity contribution >= 4 is 39.5 Å². The molecule has 164 valence electrons. The van der Waals surface area contributed by atoms with E-state index in [4.69, 9.17) is 9.47 Å². The van der Waals surface area contributed by atoms with E-state index in [1.165, 1.54) is 0 Å². The van der Waals surface area contributed by atoms with Crippen molar-refractivity contribution in [2.75, 3.05) is 19.0 Å². The Morgan fingerprint density at radius 1 is 0.969 bits per heavy atom. The van der Waals surface area contributed by atoms with E-state index in [0.717, 1.165) is 4.47 Å².